The molecule has 0 saturated heterocycles. The van der Waals surface area contributed by atoms with Crippen LogP contribution >= 0.6 is 0 Å². The monoisotopic (exact) mass is 273 g/mol. The molecule has 0 bridgehead atoms. The lowest BCUT2D eigenvalue weighted by atomic mass is 10.0. The maximum Gasteiger partial charge on any atom is 0.191 e. The number of benzene rings is 2. The molecule has 1 heterocycles. The third kappa shape index (κ3) is 1.76. The number of carbonyl (C=O) groups is 1. The van der Waals surface area contributed by atoms with E-state index >= 15 is 0 Å². The number of hydrogen-bond donors (Lipinski definition) is 0. The molecule has 0 unspecified atom stereocenters. The SMILES string of the molecule is CN1/C(=C2\Cc3ccccc3C2=O)C=Cc2ccccc21. The highest BCUT2D eigenvalue weighted by atomic mass is 16.1. The summed E-state index contributed by atoms with van der Waals surface area (Å²) in [6, 6.07) is 16.1. The smallest absolute Gasteiger partial charge is 0.191 e. The summed E-state index contributed by atoms with van der Waals surface area (Å²) in [6.45, 7) is 0. The van der Waals surface area contributed by atoms with Crippen molar-refractivity contribution in [3.8, 4) is 0 Å². The molecule has 2 aliphatic rings. The van der Waals surface area contributed by atoms with Crippen LogP contribution in [0.1, 0.15) is 21.5 Å². The molecule has 1 aliphatic carbocycles. The van der Waals surface area contributed by atoms with Crippen LogP contribution in [0.4, 0.5) is 5.69 Å². The van der Waals surface area contributed by atoms with E-state index in [2.05, 4.69) is 29.2 Å². The minimum Gasteiger partial charge on any atom is -0.344 e. The summed E-state index contributed by atoms with van der Waals surface area (Å²) in [7, 11) is 2.03. The number of ketones is 1. The lowest BCUT2D eigenvalue weighted by Crippen LogP contribution is -2.21. The number of hydrogen-bond acceptors (Lipinski definition) is 2. The van der Waals surface area contributed by atoms with Gasteiger partial charge >= 0.3 is 0 Å². The first-order valence-electron chi connectivity index (χ1n) is 7.12. The first-order chi connectivity index (χ1) is 10.3. The second kappa shape index (κ2) is 4.45. The summed E-state index contributed by atoms with van der Waals surface area (Å²) >= 11 is 0. The predicted molar refractivity (Wildman–Crippen MR) is 85.4 cm³/mol. The number of allylic oxidation sites excluding steroid dienone is 2. The van der Waals surface area contributed by atoms with Crippen molar-refractivity contribution in [1.82, 2.24) is 0 Å². The number of fused-ring (bicyclic) bond motifs is 2. The van der Waals surface area contributed by atoms with E-state index in [1.165, 1.54) is 5.56 Å². The summed E-state index contributed by atoms with van der Waals surface area (Å²) in [5.74, 6) is 0.163. The number of para-hydroxylation sites is 1. The molecule has 0 fully saturated rings. The number of anilines is 1. The van der Waals surface area contributed by atoms with Crippen molar-refractivity contribution in [2.24, 2.45) is 0 Å². The Labute approximate surface area is 124 Å². The van der Waals surface area contributed by atoms with Gasteiger partial charge in [-0.15, -0.1) is 0 Å². The highest BCUT2D eigenvalue weighted by Gasteiger charge is 2.29. The maximum absolute atomic E-state index is 12.6. The fraction of sp³-hybridized carbons (Fsp3) is 0.105. The molecule has 102 valence electrons. The molecule has 0 aromatic heterocycles. The van der Waals surface area contributed by atoms with Crippen LogP contribution in [0.3, 0.4) is 0 Å². The highest BCUT2D eigenvalue weighted by Crippen LogP contribution is 2.35. The van der Waals surface area contributed by atoms with Gasteiger partial charge in [-0.3, -0.25) is 4.79 Å². The summed E-state index contributed by atoms with van der Waals surface area (Å²) < 4.78 is 0. The lowest BCUT2D eigenvalue weighted by Gasteiger charge is -2.27. The first-order valence-corrected chi connectivity index (χ1v) is 7.12. The summed E-state index contributed by atoms with van der Waals surface area (Å²) in [4.78, 5) is 14.8. The Hall–Kier alpha value is -2.61. The van der Waals surface area contributed by atoms with Crippen molar-refractivity contribution in [3.05, 3.63) is 82.6 Å². The van der Waals surface area contributed by atoms with E-state index in [9.17, 15) is 4.79 Å². The Morgan fingerprint density at radius 2 is 1.71 bits per heavy atom. The van der Waals surface area contributed by atoms with Crippen molar-refractivity contribution in [1.29, 1.82) is 0 Å². The minimum absolute atomic E-state index is 0.163. The maximum atomic E-state index is 12.6. The second-order valence-corrected chi connectivity index (χ2v) is 5.48. The fourth-order valence-corrected chi connectivity index (χ4v) is 3.18. The molecular formula is C19H15NO. The molecule has 21 heavy (non-hydrogen) atoms. The van der Waals surface area contributed by atoms with E-state index in [4.69, 9.17) is 0 Å². The third-order valence-corrected chi connectivity index (χ3v) is 4.29. The van der Waals surface area contributed by atoms with E-state index in [1.54, 1.807) is 0 Å². The normalized spacial score (nSPS) is 19.7. The largest absolute Gasteiger partial charge is 0.344 e. The van der Waals surface area contributed by atoms with Gasteiger partial charge < -0.3 is 4.90 Å². The van der Waals surface area contributed by atoms with Crippen LogP contribution in [0.15, 0.2) is 65.9 Å². The number of likely N-dealkylation sites (N-methyl/N-ethyl adjacent to an activating group) is 1. The third-order valence-electron chi connectivity index (χ3n) is 4.29. The van der Waals surface area contributed by atoms with Crippen LogP contribution < -0.4 is 4.90 Å². The van der Waals surface area contributed by atoms with E-state index in [1.807, 2.05) is 43.4 Å². The molecule has 2 aromatic carbocycles. The molecular weight excluding hydrogens is 258 g/mol. The van der Waals surface area contributed by atoms with Gasteiger partial charge in [0, 0.05) is 36.0 Å². The summed E-state index contributed by atoms with van der Waals surface area (Å²) in [6.07, 6.45) is 4.87. The summed E-state index contributed by atoms with van der Waals surface area (Å²) in [5, 5.41) is 0. The van der Waals surface area contributed by atoms with Crippen LogP contribution in [-0.4, -0.2) is 12.8 Å². The molecule has 4 rings (SSSR count). The molecule has 0 saturated carbocycles. The Morgan fingerprint density at radius 3 is 2.57 bits per heavy atom. The molecule has 0 N–H and O–H groups in total. The van der Waals surface area contributed by atoms with Gasteiger partial charge in [-0.1, -0.05) is 48.5 Å². The van der Waals surface area contributed by atoms with E-state index in [0.717, 1.165) is 34.5 Å². The number of nitrogens with zero attached hydrogens (tertiary/aromatic N) is 1. The first kappa shape index (κ1) is 12.2. The quantitative estimate of drug-likeness (QED) is 0.680. The molecule has 1 aliphatic heterocycles. The average molecular weight is 273 g/mol. The Bertz CT molecular complexity index is 814. The van der Waals surface area contributed by atoms with Gasteiger partial charge in [0.15, 0.2) is 5.78 Å². The molecule has 0 atom stereocenters. The van der Waals surface area contributed by atoms with Crippen molar-refractivity contribution < 1.29 is 4.79 Å². The molecule has 0 spiro atoms. The van der Waals surface area contributed by atoms with Gasteiger partial charge in [0.2, 0.25) is 0 Å². The van der Waals surface area contributed by atoms with Crippen molar-refractivity contribution in [3.63, 3.8) is 0 Å². The van der Waals surface area contributed by atoms with Crippen LogP contribution in [0.25, 0.3) is 6.08 Å². The van der Waals surface area contributed by atoms with Crippen LogP contribution in [0, 0.1) is 0 Å². The van der Waals surface area contributed by atoms with E-state index < -0.39 is 0 Å². The van der Waals surface area contributed by atoms with Crippen LogP contribution in [-0.2, 0) is 6.42 Å². The number of rotatable bonds is 0. The Morgan fingerprint density at radius 1 is 0.952 bits per heavy atom. The van der Waals surface area contributed by atoms with Gasteiger partial charge in [-0.05, 0) is 23.3 Å². The molecule has 0 amide bonds. The zero-order valence-electron chi connectivity index (χ0n) is 11.8. The lowest BCUT2D eigenvalue weighted by molar-refractivity contribution is 0.103. The van der Waals surface area contributed by atoms with Gasteiger partial charge in [0.1, 0.15) is 0 Å². The zero-order valence-corrected chi connectivity index (χ0v) is 11.8. The Balaban J connectivity index is 1.84. The van der Waals surface area contributed by atoms with Gasteiger partial charge in [0.25, 0.3) is 0 Å². The summed E-state index contributed by atoms with van der Waals surface area (Å²) in [5.41, 5.74) is 6.21. The average Bonchev–Trinajstić information content (AvgIpc) is 2.85. The second-order valence-electron chi connectivity index (χ2n) is 5.48. The molecule has 2 heteroatoms. The predicted octanol–water partition coefficient (Wildman–Crippen LogP) is 3.84. The molecule has 2 aromatic rings. The van der Waals surface area contributed by atoms with Crippen molar-refractivity contribution in [2.75, 3.05) is 11.9 Å². The molecule has 2 nitrogen and oxygen atoms in total. The van der Waals surface area contributed by atoms with Crippen molar-refractivity contribution >= 4 is 17.5 Å². The highest BCUT2D eigenvalue weighted by molar-refractivity contribution is 6.14. The van der Waals surface area contributed by atoms with Crippen molar-refractivity contribution in [2.45, 2.75) is 6.42 Å². The van der Waals surface area contributed by atoms with E-state index in [0.29, 0.717) is 0 Å². The van der Waals surface area contributed by atoms with Gasteiger partial charge in [-0.25, -0.2) is 0 Å². The molecule has 0 radical (unpaired) electrons. The zero-order chi connectivity index (χ0) is 14.4. The topological polar surface area (TPSA) is 20.3 Å². The number of Topliss-reactive ketones (excluding diaryl/α,β-unsaturated/α-hetero) is 1. The minimum atomic E-state index is 0.163. The van der Waals surface area contributed by atoms with Crippen LogP contribution in [0.2, 0.25) is 0 Å². The van der Waals surface area contributed by atoms with Gasteiger partial charge in [0.05, 0.1) is 0 Å². The van der Waals surface area contributed by atoms with Crippen LogP contribution in [0.5, 0.6) is 0 Å². The van der Waals surface area contributed by atoms with Gasteiger partial charge in [-0.2, -0.15) is 0 Å². The number of carbonyl (C=O) groups excluding carboxylic acids is 1. The fourth-order valence-electron chi connectivity index (χ4n) is 3.18. The standard InChI is InChI=1S/C19H15NO/c1-20-17-9-5-3-6-13(17)10-11-18(20)16-12-14-7-2-4-8-15(14)19(16)21/h2-11H,12H2,1H3/b18-16+. The van der Waals surface area contributed by atoms with E-state index in [-0.39, 0.29) is 5.78 Å². The Kier molecular flexibility index (Phi) is 2.58.